The second-order valence-electron chi connectivity index (χ2n) is 8.46. The third-order valence-corrected chi connectivity index (χ3v) is 6.09. The molecule has 0 aliphatic carbocycles. The van der Waals surface area contributed by atoms with Crippen LogP contribution in [0.15, 0.2) is 81.7 Å². The van der Waals surface area contributed by atoms with E-state index in [0.29, 0.717) is 30.1 Å². The number of ketones is 1. The van der Waals surface area contributed by atoms with Crippen LogP contribution in [0.1, 0.15) is 75.3 Å². The molecule has 0 spiro atoms. The van der Waals surface area contributed by atoms with Gasteiger partial charge in [-0.1, -0.05) is 65.8 Å². The van der Waals surface area contributed by atoms with Gasteiger partial charge in [-0.3, -0.25) is 9.59 Å². The summed E-state index contributed by atoms with van der Waals surface area (Å²) < 4.78 is 11.0. The van der Waals surface area contributed by atoms with E-state index in [2.05, 4.69) is 10.1 Å². The topological polar surface area (TPSA) is 115 Å². The molecule has 3 atom stereocenters. The zero-order valence-electron chi connectivity index (χ0n) is 18.6. The molecule has 1 fully saturated rings. The molecule has 8 heteroatoms. The number of hydrogen-bond donors (Lipinski definition) is 1. The summed E-state index contributed by atoms with van der Waals surface area (Å²) in [6.45, 7) is 2.25. The Kier molecular flexibility index (Phi) is 5.81. The van der Waals surface area contributed by atoms with Crippen molar-refractivity contribution in [3.8, 4) is 0 Å². The minimum absolute atomic E-state index is 0.0739. The van der Waals surface area contributed by atoms with Crippen molar-refractivity contribution >= 4 is 11.7 Å². The number of likely N-dealkylation sites (tertiary alicyclic amines) is 1. The van der Waals surface area contributed by atoms with Crippen molar-refractivity contribution in [3.05, 3.63) is 107 Å². The Morgan fingerprint density at radius 1 is 1.03 bits per heavy atom. The predicted molar refractivity (Wildman–Crippen MR) is 123 cm³/mol. The van der Waals surface area contributed by atoms with Gasteiger partial charge in [0.05, 0.1) is 12.1 Å². The molecule has 0 saturated carbocycles. The van der Waals surface area contributed by atoms with E-state index < -0.39 is 6.04 Å². The Morgan fingerprint density at radius 2 is 1.74 bits per heavy atom. The van der Waals surface area contributed by atoms with Crippen molar-refractivity contribution in [1.82, 2.24) is 15.0 Å². The maximum atomic E-state index is 13.4. The van der Waals surface area contributed by atoms with Gasteiger partial charge in [0.15, 0.2) is 11.6 Å². The lowest BCUT2D eigenvalue weighted by Crippen LogP contribution is -2.31. The lowest BCUT2D eigenvalue weighted by Gasteiger charge is -2.21. The first-order valence-electron chi connectivity index (χ1n) is 11.2. The van der Waals surface area contributed by atoms with Crippen molar-refractivity contribution in [3.63, 3.8) is 0 Å². The predicted octanol–water partition coefficient (Wildman–Crippen LogP) is 4.28. The second kappa shape index (κ2) is 9.07. The number of nitrogens with zero attached hydrogens (tertiary/aromatic N) is 3. The van der Waals surface area contributed by atoms with Crippen molar-refractivity contribution < 1.29 is 18.5 Å². The number of amides is 1. The number of hydrogen-bond acceptors (Lipinski definition) is 7. The number of furan rings is 1. The summed E-state index contributed by atoms with van der Waals surface area (Å²) >= 11 is 0. The number of carbonyl (C=O) groups excluding carboxylic acids is 2. The van der Waals surface area contributed by atoms with Gasteiger partial charge in [0, 0.05) is 18.0 Å². The molecule has 172 valence electrons. The highest BCUT2D eigenvalue weighted by molar-refractivity contribution is 6.05. The molecule has 8 nitrogen and oxygen atoms in total. The lowest BCUT2D eigenvalue weighted by atomic mass is 9.96. The molecular formula is C26H24N4O4. The van der Waals surface area contributed by atoms with E-state index in [4.69, 9.17) is 14.7 Å². The Morgan fingerprint density at radius 3 is 2.41 bits per heavy atom. The molecule has 3 heterocycles. The summed E-state index contributed by atoms with van der Waals surface area (Å²) in [6.07, 6.45) is 0.592. The molecule has 3 unspecified atom stereocenters. The first kappa shape index (κ1) is 21.8. The Labute approximate surface area is 196 Å². The second-order valence-corrected chi connectivity index (χ2v) is 8.46. The normalized spacial score (nSPS) is 18.7. The van der Waals surface area contributed by atoms with Gasteiger partial charge in [-0.2, -0.15) is 4.98 Å². The van der Waals surface area contributed by atoms with Crippen LogP contribution < -0.4 is 5.73 Å². The fraction of sp³-hybridized carbons (Fsp3) is 0.231. The fourth-order valence-corrected chi connectivity index (χ4v) is 4.30. The SMILES string of the molecule is CC(N)c1ccc(C(=O)N2CC(c3ccccc3)CC2c2noc(C(=O)c3ccccc3)n2)o1. The minimum atomic E-state index is -0.470. The zero-order chi connectivity index (χ0) is 23.7. The fourth-order valence-electron chi connectivity index (χ4n) is 4.30. The molecule has 2 aromatic heterocycles. The summed E-state index contributed by atoms with van der Waals surface area (Å²) in [7, 11) is 0. The van der Waals surface area contributed by atoms with Gasteiger partial charge in [0.1, 0.15) is 5.76 Å². The highest BCUT2D eigenvalue weighted by atomic mass is 16.5. The third-order valence-electron chi connectivity index (χ3n) is 6.09. The molecule has 1 amide bonds. The van der Waals surface area contributed by atoms with Crippen LogP contribution in [0.2, 0.25) is 0 Å². The monoisotopic (exact) mass is 456 g/mol. The Balaban J connectivity index is 1.46. The number of carbonyl (C=O) groups is 2. The van der Waals surface area contributed by atoms with Gasteiger partial charge in [-0.25, -0.2) is 0 Å². The molecule has 0 bridgehead atoms. The number of nitrogens with two attached hydrogens (primary N) is 1. The van der Waals surface area contributed by atoms with Crippen molar-refractivity contribution in [2.75, 3.05) is 6.54 Å². The molecule has 4 aromatic rings. The average Bonchev–Trinajstić information content (AvgIpc) is 3.63. The standard InChI is InChI=1S/C26H24N4O4/c1-16(27)21-12-13-22(33-21)26(32)30-15-19(17-8-4-2-5-9-17)14-20(30)24-28-25(34-29-24)23(31)18-10-6-3-7-11-18/h2-13,16,19-20H,14-15,27H2,1H3. The van der Waals surface area contributed by atoms with E-state index in [0.717, 1.165) is 5.56 Å². The lowest BCUT2D eigenvalue weighted by molar-refractivity contribution is 0.0692. The van der Waals surface area contributed by atoms with Crippen molar-refractivity contribution in [2.24, 2.45) is 5.73 Å². The molecule has 2 N–H and O–H groups in total. The van der Waals surface area contributed by atoms with Crippen LogP contribution in [0.3, 0.4) is 0 Å². The maximum Gasteiger partial charge on any atom is 0.299 e. The quantitative estimate of drug-likeness (QED) is 0.430. The smallest absolute Gasteiger partial charge is 0.299 e. The number of rotatable bonds is 6. The van der Waals surface area contributed by atoms with E-state index in [-0.39, 0.29) is 35.3 Å². The largest absolute Gasteiger partial charge is 0.454 e. The number of benzene rings is 2. The van der Waals surface area contributed by atoms with E-state index in [1.54, 1.807) is 48.2 Å². The van der Waals surface area contributed by atoms with Crippen LogP contribution in [0, 0.1) is 0 Å². The highest BCUT2D eigenvalue weighted by Crippen LogP contribution is 2.40. The number of aromatic nitrogens is 2. The van der Waals surface area contributed by atoms with E-state index in [9.17, 15) is 9.59 Å². The molecule has 1 saturated heterocycles. The summed E-state index contributed by atoms with van der Waals surface area (Å²) in [5, 5.41) is 4.08. The van der Waals surface area contributed by atoms with Crippen LogP contribution in [-0.4, -0.2) is 33.3 Å². The summed E-state index contributed by atoms with van der Waals surface area (Å²) in [4.78, 5) is 32.3. The van der Waals surface area contributed by atoms with Gasteiger partial charge in [0.2, 0.25) is 0 Å². The van der Waals surface area contributed by atoms with Crippen LogP contribution in [-0.2, 0) is 0 Å². The minimum Gasteiger partial charge on any atom is -0.454 e. The van der Waals surface area contributed by atoms with E-state index >= 15 is 0 Å². The summed E-state index contributed by atoms with van der Waals surface area (Å²) in [5.74, 6) is 0.367. The van der Waals surface area contributed by atoms with E-state index in [1.165, 1.54) is 0 Å². The molecule has 34 heavy (non-hydrogen) atoms. The summed E-state index contributed by atoms with van der Waals surface area (Å²) in [5.41, 5.74) is 7.46. The van der Waals surface area contributed by atoms with Gasteiger partial charge >= 0.3 is 0 Å². The Hall–Kier alpha value is -4.04. The molecule has 1 aliphatic heterocycles. The van der Waals surface area contributed by atoms with Crippen LogP contribution in [0.4, 0.5) is 0 Å². The third kappa shape index (κ3) is 4.15. The van der Waals surface area contributed by atoms with Gasteiger partial charge < -0.3 is 19.6 Å². The van der Waals surface area contributed by atoms with Gasteiger partial charge in [0.25, 0.3) is 17.6 Å². The van der Waals surface area contributed by atoms with Gasteiger partial charge in [-0.05, 0) is 31.0 Å². The van der Waals surface area contributed by atoms with Crippen molar-refractivity contribution in [1.29, 1.82) is 0 Å². The molecule has 1 aliphatic rings. The van der Waals surface area contributed by atoms with Crippen molar-refractivity contribution in [2.45, 2.75) is 31.3 Å². The first-order chi connectivity index (χ1) is 16.5. The average molecular weight is 457 g/mol. The molecular weight excluding hydrogens is 432 g/mol. The first-order valence-corrected chi connectivity index (χ1v) is 11.2. The highest BCUT2D eigenvalue weighted by Gasteiger charge is 2.41. The summed E-state index contributed by atoms with van der Waals surface area (Å²) in [6, 6.07) is 21.3. The van der Waals surface area contributed by atoms with Crippen LogP contribution in [0.25, 0.3) is 0 Å². The maximum absolute atomic E-state index is 13.4. The zero-order valence-corrected chi connectivity index (χ0v) is 18.6. The Bertz CT molecular complexity index is 1300. The molecule has 0 radical (unpaired) electrons. The van der Waals surface area contributed by atoms with Crippen LogP contribution >= 0.6 is 0 Å². The molecule has 2 aromatic carbocycles. The van der Waals surface area contributed by atoms with Gasteiger partial charge in [-0.15, -0.1) is 0 Å². The van der Waals surface area contributed by atoms with Crippen LogP contribution in [0.5, 0.6) is 0 Å². The molecule has 5 rings (SSSR count). The van der Waals surface area contributed by atoms with E-state index in [1.807, 2.05) is 36.4 Å².